The lowest BCUT2D eigenvalue weighted by Crippen LogP contribution is -2.52. The summed E-state index contributed by atoms with van der Waals surface area (Å²) in [5.41, 5.74) is 0. The van der Waals surface area contributed by atoms with Gasteiger partial charge in [0.1, 0.15) is 8.24 Å². The van der Waals surface area contributed by atoms with Crippen molar-refractivity contribution in [2.75, 3.05) is 6.54 Å². The summed E-state index contributed by atoms with van der Waals surface area (Å²) in [6, 6.07) is 0.108. The second-order valence-electron chi connectivity index (χ2n) is 4.73. The molecule has 0 aromatic heterocycles. The van der Waals surface area contributed by atoms with Crippen molar-refractivity contribution in [1.29, 1.82) is 0 Å². The Morgan fingerprint density at radius 2 is 2.07 bits per heavy atom. The molecule has 1 unspecified atom stereocenters. The molecule has 0 rings (SSSR count). The smallest absolute Gasteiger partial charge is 0.304 e. The minimum absolute atomic E-state index is 0.108. The molecule has 1 N–H and O–H groups in total. The highest BCUT2D eigenvalue weighted by molar-refractivity contribution is 6.73. The maximum Gasteiger partial charge on any atom is 0.304 e. The van der Waals surface area contributed by atoms with Crippen LogP contribution in [0.4, 0.5) is 0 Å². The molecule has 0 aliphatic rings. The van der Waals surface area contributed by atoms with E-state index in [1.807, 2.05) is 6.08 Å². The van der Waals surface area contributed by atoms with Gasteiger partial charge in [-0.25, -0.2) is 0 Å². The number of hydrogen-bond donors (Lipinski definition) is 1. The molecule has 0 aliphatic heterocycles. The van der Waals surface area contributed by atoms with Gasteiger partial charge in [-0.05, 0) is 13.0 Å². The first-order chi connectivity index (χ1) is 6.82. The van der Waals surface area contributed by atoms with Gasteiger partial charge in [-0.15, -0.1) is 6.58 Å². The van der Waals surface area contributed by atoms with Gasteiger partial charge in [-0.3, -0.25) is 4.79 Å². The van der Waals surface area contributed by atoms with Gasteiger partial charge in [0.05, 0.1) is 6.42 Å². The van der Waals surface area contributed by atoms with Crippen molar-refractivity contribution in [3.05, 3.63) is 12.7 Å². The van der Waals surface area contributed by atoms with E-state index >= 15 is 0 Å². The maximum absolute atomic E-state index is 10.8. The van der Waals surface area contributed by atoms with Gasteiger partial charge in [0.25, 0.3) is 0 Å². The van der Waals surface area contributed by atoms with Gasteiger partial charge >= 0.3 is 5.97 Å². The molecule has 0 aromatic rings. The molecule has 0 fully saturated rings. The van der Waals surface area contributed by atoms with E-state index in [4.69, 9.17) is 5.11 Å². The zero-order valence-corrected chi connectivity index (χ0v) is 11.3. The van der Waals surface area contributed by atoms with Crippen LogP contribution in [0.5, 0.6) is 0 Å². The Morgan fingerprint density at radius 1 is 1.53 bits per heavy atom. The number of nitrogens with zero attached hydrogens (tertiary/aromatic N) is 1. The molecule has 0 saturated carbocycles. The van der Waals surface area contributed by atoms with Crippen LogP contribution >= 0.6 is 0 Å². The fraction of sp³-hybridized carbons (Fsp3) is 0.727. The first-order valence-corrected chi connectivity index (χ1v) is 8.87. The number of hydrogen-bond acceptors (Lipinski definition) is 2. The Balaban J connectivity index is 4.68. The lowest BCUT2D eigenvalue weighted by molar-refractivity contribution is -0.138. The molecule has 0 saturated heterocycles. The average Bonchev–Trinajstić information content (AvgIpc) is 2.01. The van der Waals surface area contributed by atoms with E-state index in [-0.39, 0.29) is 12.5 Å². The number of carboxylic acids is 1. The van der Waals surface area contributed by atoms with Gasteiger partial charge in [0.2, 0.25) is 0 Å². The summed E-state index contributed by atoms with van der Waals surface area (Å²) in [7, 11) is -1.43. The fourth-order valence-electron chi connectivity index (χ4n) is 1.99. The van der Waals surface area contributed by atoms with Gasteiger partial charge in [-0.2, -0.15) is 0 Å². The molecule has 0 spiro atoms. The van der Waals surface area contributed by atoms with Crippen molar-refractivity contribution in [3.8, 4) is 0 Å². The monoisotopic (exact) mass is 229 g/mol. The van der Waals surface area contributed by atoms with Crippen LogP contribution in [0.15, 0.2) is 12.7 Å². The number of carbonyl (C=O) groups is 1. The largest absolute Gasteiger partial charge is 0.481 e. The van der Waals surface area contributed by atoms with Crippen molar-refractivity contribution >= 4 is 14.2 Å². The van der Waals surface area contributed by atoms with Gasteiger partial charge in [0.15, 0.2) is 0 Å². The molecule has 15 heavy (non-hydrogen) atoms. The Bertz CT molecular complexity index is 223. The van der Waals surface area contributed by atoms with Gasteiger partial charge in [-0.1, -0.05) is 32.6 Å². The predicted molar refractivity (Wildman–Crippen MR) is 66.6 cm³/mol. The van der Waals surface area contributed by atoms with Gasteiger partial charge in [0, 0.05) is 6.04 Å². The van der Waals surface area contributed by atoms with Crippen LogP contribution in [0.3, 0.4) is 0 Å². The molecule has 0 radical (unpaired) electrons. The molecule has 3 nitrogen and oxygen atoms in total. The van der Waals surface area contributed by atoms with Gasteiger partial charge < -0.3 is 9.67 Å². The molecule has 0 aromatic carbocycles. The molecule has 4 heteroatoms. The zero-order chi connectivity index (χ0) is 12.1. The molecule has 0 aliphatic carbocycles. The third kappa shape index (κ3) is 5.13. The maximum atomic E-state index is 10.8. The molecule has 0 bridgehead atoms. The summed E-state index contributed by atoms with van der Waals surface area (Å²) in [6.45, 7) is 13.4. The topological polar surface area (TPSA) is 40.5 Å². The van der Waals surface area contributed by atoms with Crippen LogP contribution < -0.4 is 0 Å². The standard InChI is InChI=1S/C11H23NO2Si/c1-6-8-10(9-11(13)14)12(7-2)15(3,4)5/h6,10H,1,7-9H2,2-5H3,(H,13,14). The summed E-state index contributed by atoms with van der Waals surface area (Å²) >= 11 is 0. The summed E-state index contributed by atoms with van der Waals surface area (Å²) in [5.74, 6) is -0.724. The van der Waals surface area contributed by atoms with Crippen LogP contribution in [-0.4, -0.2) is 36.5 Å². The Kier molecular flexibility index (Phi) is 5.83. The van der Waals surface area contributed by atoms with E-state index in [2.05, 4.69) is 37.7 Å². The number of carboxylic acid groups (broad SMARTS) is 1. The third-order valence-electron chi connectivity index (χ3n) is 2.49. The lowest BCUT2D eigenvalue weighted by Gasteiger charge is -2.39. The zero-order valence-electron chi connectivity index (χ0n) is 10.3. The normalized spacial score (nSPS) is 13.9. The van der Waals surface area contributed by atoms with E-state index in [1.54, 1.807) is 0 Å². The number of aliphatic carboxylic acids is 1. The van der Waals surface area contributed by atoms with Crippen molar-refractivity contribution in [2.24, 2.45) is 0 Å². The van der Waals surface area contributed by atoms with E-state index in [0.29, 0.717) is 0 Å². The summed E-state index contributed by atoms with van der Waals surface area (Å²) in [6.07, 6.45) is 2.78. The van der Waals surface area contributed by atoms with Crippen LogP contribution in [-0.2, 0) is 4.79 Å². The second-order valence-corrected chi connectivity index (χ2v) is 9.65. The molecular formula is C11H23NO2Si. The van der Waals surface area contributed by atoms with Crippen molar-refractivity contribution in [3.63, 3.8) is 0 Å². The highest BCUT2D eigenvalue weighted by Crippen LogP contribution is 2.18. The quantitative estimate of drug-likeness (QED) is 0.539. The highest BCUT2D eigenvalue weighted by atomic mass is 28.3. The first kappa shape index (κ1) is 14.4. The fourth-order valence-corrected chi connectivity index (χ4v) is 4.24. The van der Waals surface area contributed by atoms with E-state index in [0.717, 1.165) is 13.0 Å². The molecule has 0 heterocycles. The average molecular weight is 229 g/mol. The van der Waals surface area contributed by atoms with Crippen molar-refractivity contribution in [2.45, 2.75) is 45.4 Å². The SMILES string of the molecule is C=CCC(CC(=O)O)N(CC)[Si](C)(C)C. The lowest BCUT2D eigenvalue weighted by atomic mass is 10.1. The van der Waals surface area contributed by atoms with Crippen LogP contribution in [0.1, 0.15) is 19.8 Å². The first-order valence-electron chi connectivity index (χ1n) is 5.42. The Labute approximate surface area is 93.9 Å². The minimum Gasteiger partial charge on any atom is -0.481 e. The predicted octanol–water partition coefficient (Wildman–Crippen LogP) is 2.56. The summed E-state index contributed by atoms with van der Waals surface area (Å²) in [5, 5.41) is 8.88. The molecule has 0 amide bonds. The summed E-state index contributed by atoms with van der Waals surface area (Å²) < 4.78 is 2.35. The number of rotatable bonds is 7. The Morgan fingerprint density at radius 3 is 2.33 bits per heavy atom. The molecule has 1 atom stereocenters. The minimum atomic E-state index is -1.43. The van der Waals surface area contributed by atoms with E-state index in [1.165, 1.54) is 0 Å². The molecule has 88 valence electrons. The van der Waals surface area contributed by atoms with E-state index in [9.17, 15) is 4.79 Å². The van der Waals surface area contributed by atoms with Crippen molar-refractivity contribution < 1.29 is 9.90 Å². The highest BCUT2D eigenvalue weighted by Gasteiger charge is 2.29. The van der Waals surface area contributed by atoms with Crippen LogP contribution in [0, 0.1) is 0 Å². The molecular weight excluding hydrogens is 206 g/mol. The van der Waals surface area contributed by atoms with Crippen LogP contribution in [0.2, 0.25) is 19.6 Å². The van der Waals surface area contributed by atoms with Crippen LogP contribution in [0.25, 0.3) is 0 Å². The van der Waals surface area contributed by atoms with Crippen molar-refractivity contribution in [1.82, 2.24) is 4.57 Å². The van der Waals surface area contributed by atoms with E-state index < -0.39 is 14.2 Å². The third-order valence-corrected chi connectivity index (χ3v) is 4.90. The summed E-state index contributed by atoms with van der Waals surface area (Å²) in [4.78, 5) is 10.8. The Hall–Kier alpha value is -0.613. The second kappa shape index (κ2) is 6.08.